The Hall–Kier alpha value is -1.63. The fourth-order valence-corrected chi connectivity index (χ4v) is 2.63. The van der Waals surface area contributed by atoms with Gasteiger partial charge in [-0.15, -0.1) is 12.4 Å². The second kappa shape index (κ2) is 11.0. The largest absolute Gasteiger partial charge is 0.383 e. The van der Waals surface area contributed by atoms with E-state index in [4.69, 9.17) is 4.74 Å². The molecule has 2 rings (SSSR count). The number of ether oxygens (including phenoxy) is 1. The zero-order valence-corrected chi connectivity index (χ0v) is 14.8. The molecular weight excluding hydrogens is 330 g/mol. The van der Waals surface area contributed by atoms with E-state index in [-0.39, 0.29) is 30.8 Å². The maximum absolute atomic E-state index is 12.1. The molecule has 0 unspecified atom stereocenters. The van der Waals surface area contributed by atoms with Crippen LogP contribution in [0.3, 0.4) is 0 Å². The SMILES string of the molecule is COCCNCC(=O)Nc1ccc(C(=O)NC2CCCC2)cc1.Cl. The molecule has 0 bridgehead atoms. The van der Waals surface area contributed by atoms with Crippen LogP contribution in [-0.2, 0) is 9.53 Å². The van der Waals surface area contributed by atoms with Crippen molar-refractivity contribution in [3.05, 3.63) is 29.8 Å². The minimum absolute atomic E-state index is 0. The molecule has 1 saturated carbocycles. The molecule has 2 amide bonds. The second-order valence-corrected chi connectivity index (χ2v) is 5.75. The molecule has 1 aliphatic carbocycles. The van der Waals surface area contributed by atoms with Gasteiger partial charge in [-0.25, -0.2) is 0 Å². The first-order valence-electron chi connectivity index (χ1n) is 8.09. The van der Waals surface area contributed by atoms with Crippen LogP contribution >= 0.6 is 12.4 Å². The zero-order chi connectivity index (χ0) is 16.5. The number of carbonyl (C=O) groups excluding carboxylic acids is 2. The summed E-state index contributed by atoms with van der Waals surface area (Å²) in [4.78, 5) is 23.8. The first kappa shape index (κ1) is 20.4. The minimum Gasteiger partial charge on any atom is -0.383 e. The van der Waals surface area contributed by atoms with E-state index in [2.05, 4.69) is 16.0 Å². The fourth-order valence-electron chi connectivity index (χ4n) is 2.63. The number of hydrogen-bond acceptors (Lipinski definition) is 4. The Bertz CT molecular complexity index is 516. The Morgan fingerprint density at radius 3 is 2.46 bits per heavy atom. The predicted octanol–water partition coefficient (Wildman–Crippen LogP) is 1.96. The number of nitrogens with one attached hydrogen (secondary N) is 3. The second-order valence-electron chi connectivity index (χ2n) is 5.75. The van der Waals surface area contributed by atoms with E-state index in [1.54, 1.807) is 31.4 Å². The summed E-state index contributed by atoms with van der Waals surface area (Å²) >= 11 is 0. The van der Waals surface area contributed by atoms with Crippen molar-refractivity contribution >= 4 is 29.9 Å². The third kappa shape index (κ3) is 6.86. The molecule has 0 saturated heterocycles. The van der Waals surface area contributed by atoms with Crippen LogP contribution in [0.25, 0.3) is 0 Å². The lowest BCUT2D eigenvalue weighted by molar-refractivity contribution is -0.115. The van der Waals surface area contributed by atoms with Gasteiger partial charge in [-0.1, -0.05) is 12.8 Å². The molecule has 6 nitrogen and oxygen atoms in total. The van der Waals surface area contributed by atoms with Crippen LogP contribution in [0.2, 0.25) is 0 Å². The molecule has 0 aliphatic heterocycles. The van der Waals surface area contributed by atoms with Crippen LogP contribution in [0, 0.1) is 0 Å². The summed E-state index contributed by atoms with van der Waals surface area (Å²) in [6.07, 6.45) is 4.51. The Kier molecular flexibility index (Phi) is 9.37. The Morgan fingerprint density at radius 1 is 1.17 bits per heavy atom. The molecule has 0 radical (unpaired) electrons. The highest BCUT2D eigenvalue weighted by atomic mass is 35.5. The highest BCUT2D eigenvalue weighted by molar-refractivity contribution is 5.96. The molecule has 1 aromatic carbocycles. The van der Waals surface area contributed by atoms with Gasteiger partial charge in [0.25, 0.3) is 5.91 Å². The molecule has 134 valence electrons. The van der Waals surface area contributed by atoms with Gasteiger partial charge in [0.15, 0.2) is 0 Å². The maximum Gasteiger partial charge on any atom is 0.251 e. The summed E-state index contributed by atoms with van der Waals surface area (Å²) in [5, 5.41) is 8.81. The Labute approximate surface area is 149 Å². The van der Waals surface area contributed by atoms with Crippen molar-refractivity contribution in [2.24, 2.45) is 0 Å². The van der Waals surface area contributed by atoms with E-state index in [1.807, 2.05) is 0 Å². The van der Waals surface area contributed by atoms with Crippen molar-refractivity contribution in [3.8, 4) is 0 Å². The van der Waals surface area contributed by atoms with Crippen molar-refractivity contribution in [1.29, 1.82) is 0 Å². The number of methoxy groups -OCH3 is 1. The predicted molar refractivity (Wildman–Crippen MR) is 96.8 cm³/mol. The van der Waals surface area contributed by atoms with Crippen molar-refractivity contribution < 1.29 is 14.3 Å². The van der Waals surface area contributed by atoms with E-state index in [0.717, 1.165) is 12.8 Å². The molecular formula is C17H26ClN3O3. The normalized spacial score (nSPS) is 14.0. The van der Waals surface area contributed by atoms with Gasteiger partial charge in [-0.2, -0.15) is 0 Å². The zero-order valence-electron chi connectivity index (χ0n) is 14.0. The summed E-state index contributed by atoms with van der Waals surface area (Å²) in [6.45, 7) is 1.43. The summed E-state index contributed by atoms with van der Waals surface area (Å²) in [5.41, 5.74) is 1.30. The molecule has 1 aromatic rings. The molecule has 0 aromatic heterocycles. The lowest BCUT2D eigenvalue weighted by Crippen LogP contribution is -2.32. The lowest BCUT2D eigenvalue weighted by Gasteiger charge is -2.12. The number of halogens is 1. The van der Waals surface area contributed by atoms with E-state index in [9.17, 15) is 9.59 Å². The van der Waals surface area contributed by atoms with E-state index < -0.39 is 0 Å². The van der Waals surface area contributed by atoms with Gasteiger partial charge in [-0.05, 0) is 37.1 Å². The van der Waals surface area contributed by atoms with Crippen molar-refractivity contribution in [2.75, 3.05) is 32.1 Å². The topological polar surface area (TPSA) is 79.5 Å². The lowest BCUT2D eigenvalue weighted by atomic mass is 10.1. The monoisotopic (exact) mass is 355 g/mol. The van der Waals surface area contributed by atoms with Crippen LogP contribution in [0.4, 0.5) is 5.69 Å². The van der Waals surface area contributed by atoms with Crippen LogP contribution < -0.4 is 16.0 Å². The maximum atomic E-state index is 12.1. The van der Waals surface area contributed by atoms with Crippen molar-refractivity contribution in [2.45, 2.75) is 31.7 Å². The first-order chi connectivity index (χ1) is 11.2. The summed E-state index contributed by atoms with van der Waals surface area (Å²) in [5.74, 6) is -0.166. The number of anilines is 1. The van der Waals surface area contributed by atoms with Gasteiger partial charge in [0.1, 0.15) is 0 Å². The number of benzene rings is 1. The number of rotatable bonds is 8. The molecule has 7 heteroatoms. The highest BCUT2D eigenvalue weighted by Gasteiger charge is 2.17. The summed E-state index contributed by atoms with van der Waals surface area (Å²) in [7, 11) is 1.62. The molecule has 0 heterocycles. The van der Waals surface area contributed by atoms with Crippen LogP contribution in [0.1, 0.15) is 36.0 Å². The molecule has 0 atom stereocenters. The van der Waals surface area contributed by atoms with Gasteiger partial charge in [-0.3, -0.25) is 9.59 Å². The van der Waals surface area contributed by atoms with Gasteiger partial charge >= 0.3 is 0 Å². The quantitative estimate of drug-likeness (QED) is 0.623. The average molecular weight is 356 g/mol. The fraction of sp³-hybridized carbons (Fsp3) is 0.529. The number of amides is 2. The minimum atomic E-state index is -0.121. The van der Waals surface area contributed by atoms with E-state index in [0.29, 0.717) is 30.4 Å². The highest BCUT2D eigenvalue weighted by Crippen LogP contribution is 2.18. The van der Waals surface area contributed by atoms with Crippen molar-refractivity contribution in [3.63, 3.8) is 0 Å². The third-order valence-electron chi connectivity index (χ3n) is 3.89. The molecule has 1 aliphatic rings. The molecule has 3 N–H and O–H groups in total. The Balaban J connectivity index is 0.00000288. The summed E-state index contributed by atoms with van der Waals surface area (Å²) in [6, 6.07) is 7.27. The summed E-state index contributed by atoms with van der Waals surface area (Å²) < 4.78 is 4.89. The van der Waals surface area contributed by atoms with Gasteiger partial charge in [0, 0.05) is 30.9 Å². The van der Waals surface area contributed by atoms with Gasteiger partial charge in [0.2, 0.25) is 5.91 Å². The van der Waals surface area contributed by atoms with E-state index >= 15 is 0 Å². The third-order valence-corrected chi connectivity index (χ3v) is 3.89. The van der Waals surface area contributed by atoms with Crippen molar-refractivity contribution in [1.82, 2.24) is 10.6 Å². The van der Waals surface area contributed by atoms with Crippen LogP contribution in [0.15, 0.2) is 24.3 Å². The smallest absolute Gasteiger partial charge is 0.251 e. The molecule has 24 heavy (non-hydrogen) atoms. The van der Waals surface area contributed by atoms with Crippen LogP contribution in [-0.4, -0.2) is 44.7 Å². The molecule has 0 spiro atoms. The van der Waals surface area contributed by atoms with Crippen LogP contribution in [0.5, 0.6) is 0 Å². The Morgan fingerprint density at radius 2 is 1.83 bits per heavy atom. The number of hydrogen-bond donors (Lipinski definition) is 3. The van der Waals surface area contributed by atoms with E-state index in [1.165, 1.54) is 12.8 Å². The molecule has 1 fully saturated rings. The standard InChI is InChI=1S/C17H25N3O3.ClH/c1-23-11-10-18-12-16(21)19-15-8-6-13(7-9-15)17(22)20-14-4-2-3-5-14;/h6-9,14,18H,2-5,10-12H2,1H3,(H,19,21)(H,20,22);1H. The van der Waals surface area contributed by atoms with Gasteiger partial charge in [0.05, 0.1) is 13.2 Å². The first-order valence-corrected chi connectivity index (χ1v) is 8.09. The average Bonchev–Trinajstić information content (AvgIpc) is 3.05. The number of carbonyl (C=O) groups is 2. The van der Waals surface area contributed by atoms with Gasteiger partial charge < -0.3 is 20.7 Å².